The van der Waals surface area contributed by atoms with Crippen LogP contribution in [-0.4, -0.2) is 45.9 Å². The molecule has 0 aromatic carbocycles. The Balaban J connectivity index is 2.00. The van der Waals surface area contributed by atoms with Crippen LogP contribution in [0.4, 0.5) is 0 Å². The molecule has 2 rings (SSSR count). The van der Waals surface area contributed by atoms with Gasteiger partial charge >= 0.3 is 0 Å². The smallest absolute Gasteiger partial charge is 0.0492 e. The number of likely N-dealkylation sites (tertiary alicyclic amines) is 1. The number of aromatic nitrogens is 2. The van der Waals surface area contributed by atoms with Crippen LogP contribution in [0.5, 0.6) is 0 Å². The van der Waals surface area contributed by atoms with Gasteiger partial charge in [-0.1, -0.05) is 6.92 Å². The molecule has 2 heterocycles. The molecule has 1 aromatic rings. The van der Waals surface area contributed by atoms with Gasteiger partial charge in [-0.15, -0.1) is 0 Å². The first-order valence-electron chi connectivity index (χ1n) is 8.51. The van der Waals surface area contributed by atoms with E-state index in [0.717, 1.165) is 13.0 Å². The molecular weight excluding hydrogens is 260 g/mol. The van der Waals surface area contributed by atoms with E-state index < -0.39 is 0 Å². The molecule has 1 aromatic heterocycles. The standard InChI is InChI=1S/C17H32N4/c1-5-11-18-16(9-8-15-10-12-19-20(15)4)17(2,3)21-13-6-7-14-21/h10,12,16,18H,5-9,11,13-14H2,1-4H3. The highest BCUT2D eigenvalue weighted by Crippen LogP contribution is 2.26. The van der Waals surface area contributed by atoms with Crippen LogP contribution in [0.15, 0.2) is 12.3 Å². The van der Waals surface area contributed by atoms with Crippen LogP contribution in [0.2, 0.25) is 0 Å². The first-order valence-corrected chi connectivity index (χ1v) is 8.51. The van der Waals surface area contributed by atoms with E-state index in [1.807, 2.05) is 17.9 Å². The normalized spacial score (nSPS) is 18.3. The van der Waals surface area contributed by atoms with E-state index in [1.165, 1.54) is 44.5 Å². The van der Waals surface area contributed by atoms with Gasteiger partial charge in [0.05, 0.1) is 0 Å². The van der Waals surface area contributed by atoms with E-state index in [4.69, 9.17) is 0 Å². The van der Waals surface area contributed by atoms with E-state index in [9.17, 15) is 0 Å². The van der Waals surface area contributed by atoms with Gasteiger partial charge in [0.2, 0.25) is 0 Å². The molecule has 1 aliphatic heterocycles. The molecule has 4 heteroatoms. The van der Waals surface area contributed by atoms with Crippen LogP contribution in [0, 0.1) is 0 Å². The SMILES string of the molecule is CCCNC(CCc1ccnn1C)C(C)(C)N1CCCC1. The second kappa shape index (κ2) is 7.41. The van der Waals surface area contributed by atoms with E-state index in [2.05, 4.69) is 42.2 Å². The highest BCUT2D eigenvalue weighted by molar-refractivity contribution is 5.03. The van der Waals surface area contributed by atoms with Crippen LogP contribution >= 0.6 is 0 Å². The van der Waals surface area contributed by atoms with Gasteiger partial charge in [-0.25, -0.2) is 0 Å². The van der Waals surface area contributed by atoms with Crippen molar-refractivity contribution in [2.75, 3.05) is 19.6 Å². The second-order valence-electron chi connectivity index (χ2n) is 6.84. The number of nitrogens with one attached hydrogen (secondary N) is 1. The fourth-order valence-electron chi connectivity index (χ4n) is 3.48. The molecule has 1 saturated heterocycles. The Hall–Kier alpha value is -0.870. The number of hydrogen-bond donors (Lipinski definition) is 1. The van der Waals surface area contributed by atoms with Crippen LogP contribution in [-0.2, 0) is 13.5 Å². The van der Waals surface area contributed by atoms with Gasteiger partial charge in [-0.05, 0) is 71.7 Å². The van der Waals surface area contributed by atoms with Crippen LogP contribution < -0.4 is 5.32 Å². The van der Waals surface area contributed by atoms with Gasteiger partial charge in [0.1, 0.15) is 0 Å². The average Bonchev–Trinajstić information content (AvgIpc) is 3.10. The van der Waals surface area contributed by atoms with E-state index >= 15 is 0 Å². The van der Waals surface area contributed by atoms with Gasteiger partial charge in [0.15, 0.2) is 0 Å². The highest BCUT2D eigenvalue weighted by Gasteiger charge is 2.36. The molecule has 0 saturated carbocycles. The second-order valence-corrected chi connectivity index (χ2v) is 6.84. The third kappa shape index (κ3) is 4.07. The third-order valence-corrected chi connectivity index (χ3v) is 5.03. The van der Waals surface area contributed by atoms with Crippen LogP contribution in [0.3, 0.4) is 0 Å². The first kappa shape index (κ1) is 16.5. The summed E-state index contributed by atoms with van der Waals surface area (Å²) in [7, 11) is 2.04. The molecule has 21 heavy (non-hydrogen) atoms. The Morgan fingerprint density at radius 1 is 1.33 bits per heavy atom. The van der Waals surface area contributed by atoms with E-state index in [-0.39, 0.29) is 5.54 Å². The Kier molecular flexibility index (Phi) is 5.82. The van der Waals surface area contributed by atoms with Crippen molar-refractivity contribution in [2.45, 2.75) is 64.5 Å². The summed E-state index contributed by atoms with van der Waals surface area (Å²) in [4.78, 5) is 2.67. The molecule has 0 amide bonds. The highest BCUT2D eigenvalue weighted by atomic mass is 15.3. The summed E-state index contributed by atoms with van der Waals surface area (Å²) in [5.41, 5.74) is 1.56. The van der Waals surface area contributed by atoms with Crippen molar-refractivity contribution >= 4 is 0 Å². The lowest BCUT2D eigenvalue weighted by atomic mass is 9.88. The Morgan fingerprint density at radius 3 is 2.62 bits per heavy atom. The third-order valence-electron chi connectivity index (χ3n) is 5.03. The van der Waals surface area contributed by atoms with Crippen LogP contribution in [0.25, 0.3) is 0 Å². The maximum absolute atomic E-state index is 4.28. The maximum atomic E-state index is 4.28. The summed E-state index contributed by atoms with van der Waals surface area (Å²) >= 11 is 0. The summed E-state index contributed by atoms with van der Waals surface area (Å²) in [5.74, 6) is 0. The largest absolute Gasteiger partial charge is 0.312 e. The lowest BCUT2D eigenvalue weighted by molar-refractivity contribution is 0.102. The van der Waals surface area contributed by atoms with Crippen molar-refractivity contribution in [3.63, 3.8) is 0 Å². The Labute approximate surface area is 129 Å². The van der Waals surface area contributed by atoms with Crippen molar-refractivity contribution in [2.24, 2.45) is 7.05 Å². The molecule has 0 bridgehead atoms. The fourth-order valence-corrected chi connectivity index (χ4v) is 3.48. The zero-order chi connectivity index (χ0) is 15.3. The summed E-state index contributed by atoms with van der Waals surface area (Å²) in [6.45, 7) is 10.7. The molecule has 1 N–H and O–H groups in total. The Morgan fingerprint density at radius 2 is 2.05 bits per heavy atom. The van der Waals surface area contributed by atoms with Crippen molar-refractivity contribution < 1.29 is 0 Å². The monoisotopic (exact) mass is 292 g/mol. The molecule has 1 atom stereocenters. The van der Waals surface area contributed by atoms with Crippen molar-refractivity contribution in [1.29, 1.82) is 0 Å². The topological polar surface area (TPSA) is 33.1 Å². The molecule has 1 fully saturated rings. The molecular formula is C17H32N4. The molecule has 1 aliphatic rings. The molecule has 1 unspecified atom stereocenters. The minimum Gasteiger partial charge on any atom is -0.312 e. The van der Waals surface area contributed by atoms with E-state index in [1.54, 1.807) is 0 Å². The van der Waals surface area contributed by atoms with Crippen molar-refractivity contribution in [3.8, 4) is 0 Å². The number of hydrogen-bond acceptors (Lipinski definition) is 3. The molecule has 0 aliphatic carbocycles. The number of nitrogens with zero attached hydrogens (tertiary/aromatic N) is 3. The average molecular weight is 292 g/mol. The summed E-state index contributed by atoms with van der Waals surface area (Å²) in [6, 6.07) is 2.67. The molecule has 0 radical (unpaired) electrons. The summed E-state index contributed by atoms with van der Waals surface area (Å²) in [6.07, 6.45) is 8.06. The predicted molar refractivity (Wildman–Crippen MR) is 88.5 cm³/mol. The minimum absolute atomic E-state index is 0.226. The lowest BCUT2D eigenvalue weighted by Crippen LogP contribution is -2.57. The summed E-state index contributed by atoms with van der Waals surface area (Å²) in [5, 5.41) is 8.08. The van der Waals surface area contributed by atoms with Gasteiger partial charge in [-0.3, -0.25) is 9.58 Å². The molecule has 120 valence electrons. The zero-order valence-corrected chi connectivity index (χ0v) is 14.2. The zero-order valence-electron chi connectivity index (χ0n) is 14.2. The predicted octanol–water partition coefficient (Wildman–Crippen LogP) is 2.60. The minimum atomic E-state index is 0.226. The fraction of sp³-hybridized carbons (Fsp3) is 0.824. The van der Waals surface area contributed by atoms with Crippen molar-refractivity contribution in [3.05, 3.63) is 18.0 Å². The van der Waals surface area contributed by atoms with Gasteiger partial charge in [-0.2, -0.15) is 5.10 Å². The first-order chi connectivity index (χ1) is 10.1. The van der Waals surface area contributed by atoms with Gasteiger partial charge in [0.25, 0.3) is 0 Å². The quantitative estimate of drug-likeness (QED) is 0.799. The summed E-state index contributed by atoms with van der Waals surface area (Å²) < 4.78 is 2.00. The molecule has 4 nitrogen and oxygen atoms in total. The Bertz CT molecular complexity index is 418. The van der Waals surface area contributed by atoms with Crippen LogP contribution in [0.1, 0.15) is 52.1 Å². The molecule has 0 spiro atoms. The van der Waals surface area contributed by atoms with Gasteiger partial charge in [0, 0.05) is 30.5 Å². The maximum Gasteiger partial charge on any atom is 0.0492 e. The van der Waals surface area contributed by atoms with E-state index in [0.29, 0.717) is 6.04 Å². The van der Waals surface area contributed by atoms with Crippen molar-refractivity contribution in [1.82, 2.24) is 20.0 Å². The number of aryl methyl sites for hydroxylation is 2. The lowest BCUT2D eigenvalue weighted by Gasteiger charge is -2.43. The van der Waals surface area contributed by atoms with Gasteiger partial charge < -0.3 is 5.32 Å². The number of rotatable bonds is 8.